The van der Waals surface area contributed by atoms with E-state index in [-0.39, 0.29) is 5.41 Å². The van der Waals surface area contributed by atoms with Crippen LogP contribution in [0.2, 0.25) is 0 Å². The predicted molar refractivity (Wildman–Crippen MR) is 88.6 cm³/mol. The van der Waals surface area contributed by atoms with Crippen LogP contribution in [0.5, 0.6) is 5.75 Å². The van der Waals surface area contributed by atoms with Crippen molar-refractivity contribution < 1.29 is 5.11 Å². The van der Waals surface area contributed by atoms with Gasteiger partial charge in [-0.2, -0.15) is 0 Å². The van der Waals surface area contributed by atoms with Gasteiger partial charge < -0.3 is 5.11 Å². The molecule has 1 aromatic carbocycles. The number of aromatic hydroxyl groups is 1. The first-order valence-electron chi connectivity index (χ1n) is 8.25. The average Bonchev–Trinajstić information content (AvgIpc) is 2.38. The van der Waals surface area contributed by atoms with Crippen LogP contribution in [-0.4, -0.2) is 5.11 Å². The molecule has 1 heteroatoms. The van der Waals surface area contributed by atoms with Crippen molar-refractivity contribution in [1.82, 2.24) is 0 Å². The molecular formula is C19H32O. The molecule has 0 unspecified atom stereocenters. The summed E-state index contributed by atoms with van der Waals surface area (Å²) in [7, 11) is 0. The van der Waals surface area contributed by atoms with Gasteiger partial charge in [-0.1, -0.05) is 72.4 Å². The van der Waals surface area contributed by atoms with Gasteiger partial charge in [-0.15, -0.1) is 0 Å². The lowest BCUT2D eigenvalue weighted by Crippen LogP contribution is -2.13. The van der Waals surface area contributed by atoms with Gasteiger partial charge in [0.1, 0.15) is 5.75 Å². The second-order valence-electron chi connectivity index (χ2n) is 6.92. The molecule has 0 aliphatic rings. The summed E-state index contributed by atoms with van der Waals surface area (Å²) in [5, 5.41) is 10.4. The number of hydrogen-bond donors (Lipinski definition) is 1. The number of benzene rings is 1. The fraction of sp³-hybridized carbons (Fsp3) is 0.684. The molecule has 1 nitrogen and oxygen atoms in total. The minimum atomic E-state index is 0.00617. The third-order valence-corrected chi connectivity index (χ3v) is 4.01. The molecule has 0 aliphatic heterocycles. The fourth-order valence-corrected chi connectivity index (χ4v) is 2.68. The Morgan fingerprint density at radius 2 is 1.60 bits per heavy atom. The Kier molecular flexibility index (Phi) is 6.58. The minimum absolute atomic E-state index is 0.00617. The number of phenols is 1. The van der Waals surface area contributed by atoms with E-state index in [9.17, 15) is 5.11 Å². The van der Waals surface area contributed by atoms with Gasteiger partial charge in [0, 0.05) is 0 Å². The van der Waals surface area contributed by atoms with E-state index in [1.807, 2.05) is 0 Å². The zero-order valence-electron chi connectivity index (χ0n) is 14.1. The molecule has 0 saturated heterocycles. The van der Waals surface area contributed by atoms with Crippen molar-refractivity contribution in [3.63, 3.8) is 0 Å². The summed E-state index contributed by atoms with van der Waals surface area (Å²) in [4.78, 5) is 0. The van der Waals surface area contributed by atoms with Gasteiger partial charge in [0.2, 0.25) is 0 Å². The molecule has 0 fully saturated rings. The maximum absolute atomic E-state index is 10.4. The van der Waals surface area contributed by atoms with Crippen molar-refractivity contribution in [1.29, 1.82) is 0 Å². The van der Waals surface area contributed by atoms with Crippen LogP contribution in [-0.2, 0) is 18.3 Å². The molecule has 20 heavy (non-hydrogen) atoms. The molecule has 0 amide bonds. The molecular weight excluding hydrogens is 244 g/mol. The molecule has 114 valence electrons. The SMILES string of the molecule is CCCCCCCc1cc(CC)c(O)c(C(C)(C)C)c1. The first kappa shape index (κ1) is 17.1. The third kappa shape index (κ3) is 4.85. The normalized spacial score (nSPS) is 11.8. The lowest BCUT2D eigenvalue weighted by molar-refractivity contribution is 0.440. The predicted octanol–water partition coefficient (Wildman–Crippen LogP) is 5.77. The van der Waals surface area contributed by atoms with Crippen molar-refractivity contribution in [2.45, 2.75) is 85.0 Å². The van der Waals surface area contributed by atoms with Gasteiger partial charge in [-0.05, 0) is 41.4 Å². The Bertz CT molecular complexity index is 413. The van der Waals surface area contributed by atoms with Gasteiger partial charge in [0.25, 0.3) is 0 Å². The van der Waals surface area contributed by atoms with Crippen LogP contribution < -0.4 is 0 Å². The Labute approximate surface area is 125 Å². The lowest BCUT2D eigenvalue weighted by atomic mass is 9.83. The summed E-state index contributed by atoms with van der Waals surface area (Å²) in [6.45, 7) is 10.9. The maximum Gasteiger partial charge on any atom is 0.122 e. The van der Waals surface area contributed by atoms with E-state index in [1.54, 1.807) is 0 Å². The molecule has 0 spiro atoms. The molecule has 1 aromatic rings. The van der Waals surface area contributed by atoms with E-state index >= 15 is 0 Å². The Balaban J connectivity index is 2.81. The van der Waals surface area contributed by atoms with Gasteiger partial charge >= 0.3 is 0 Å². The Morgan fingerprint density at radius 1 is 0.950 bits per heavy atom. The Hall–Kier alpha value is -0.980. The summed E-state index contributed by atoms with van der Waals surface area (Å²) >= 11 is 0. The first-order valence-corrected chi connectivity index (χ1v) is 8.25. The van der Waals surface area contributed by atoms with Gasteiger partial charge in [-0.3, -0.25) is 0 Å². The van der Waals surface area contributed by atoms with Crippen molar-refractivity contribution in [3.05, 3.63) is 28.8 Å². The van der Waals surface area contributed by atoms with Crippen molar-refractivity contribution in [2.24, 2.45) is 0 Å². The maximum atomic E-state index is 10.4. The van der Waals surface area contributed by atoms with Crippen LogP contribution in [0, 0.1) is 0 Å². The number of aryl methyl sites for hydroxylation is 2. The number of phenolic OH excluding ortho intramolecular Hbond substituents is 1. The number of rotatable bonds is 7. The van der Waals surface area contributed by atoms with Crippen LogP contribution in [0.4, 0.5) is 0 Å². The summed E-state index contributed by atoms with van der Waals surface area (Å²) in [5.41, 5.74) is 3.59. The zero-order valence-corrected chi connectivity index (χ0v) is 14.1. The molecule has 0 saturated carbocycles. The highest BCUT2D eigenvalue weighted by atomic mass is 16.3. The minimum Gasteiger partial charge on any atom is -0.507 e. The highest BCUT2D eigenvalue weighted by Gasteiger charge is 2.20. The highest BCUT2D eigenvalue weighted by molar-refractivity contribution is 5.47. The molecule has 1 N–H and O–H groups in total. The second kappa shape index (κ2) is 7.71. The summed E-state index contributed by atoms with van der Waals surface area (Å²) in [6.07, 6.45) is 8.62. The fourth-order valence-electron chi connectivity index (χ4n) is 2.68. The molecule has 0 heterocycles. The zero-order chi connectivity index (χ0) is 15.2. The number of unbranched alkanes of at least 4 members (excludes halogenated alkanes) is 4. The molecule has 0 radical (unpaired) electrons. The molecule has 0 atom stereocenters. The number of hydrogen-bond acceptors (Lipinski definition) is 1. The van der Waals surface area contributed by atoms with Gasteiger partial charge in [-0.25, -0.2) is 0 Å². The van der Waals surface area contributed by atoms with E-state index in [0.717, 1.165) is 24.0 Å². The quantitative estimate of drug-likeness (QED) is 0.627. The topological polar surface area (TPSA) is 20.2 Å². The van der Waals surface area contributed by atoms with E-state index in [1.165, 1.54) is 37.7 Å². The lowest BCUT2D eigenvalue weighted by Gasteiger charge is -2.23. The first-order chi connectivity index (χ1) is 9.40. The van der Waals surface area contributed by atoms with Crippen molar-refractivity contribution in [3.8, 4) is 5.75 Å². The second-order valence-corrected chi connectivity index (χ2v) is 6.92. The summed E-state index contributed by atoms with van der Waals surface area (Å²) in [6, 6.07) is 4.42. The highest BCUT2D eigenvalue weighted by Crippen LogP contribution is 2.35. The molecule has 0 aliphatic carbocycles. The largest absolute Gasteiger partial charge is 0.507 e. The monoisotopic (exact) mass is 276 g/mol. The molecule has 0 aromatic heterocycles. The van der Waals surface area contributed by atoms with Crippen molar-refractivity contribution >= 4 is 0 Å². The van der Waals surface area contributed by atoms with Crippen LogP contribution in [0.3, 0.4) is 0 Å². The van der Waals surface area contributed by atoms with Gasteiger partial charge in [0.05, 0.1) is 0 Å². The average molecular weight is 276 g/mol. The van der Waals surface area contributed by atoms with Crippen LogP contribution in [0.1, 0.15) is 83.4 Å². The van der Waals surface area contributed by atoms with Crippen molar-refractivity contribution in [2.75, 3.05) is 0 Å². The molecule has 1 rings (SSSR count). The Morgan fingerprint density at radius 3 is 2.15 bits per heavy atom. The van der Waals surface area contributed by atoms with E-state index < -0.39 is 0 Å². The van der Waals surface area contributed by atoms with E-state index in [0.29, 0.717) is 5.75 Å². The van der Waals surface area contributed by atoms with Crippen LogP contribution in [0.15, 0.2) is 12.1 Å². The molecule has 0 bridgehead atoms. The smallest absolute Gasteiger partial charge is 0.122 e. The standard InChI is InChI=1S/C19H32O/c1-6-8-9-10-11-12-15-13-16(7-2)18(20)17(14-15)19(3,4)5/h13-14,20H,6-12H2,1-5H3. The van der Waals surface area contributed by atoms with E-state index in [4.69, 9.17) is 0 Å². The summed E-state index contributed by atoms with van der Waals surface area (Å²) < 4.78 is 0. The third-order valence-electron chi connectivity index (χ3n) is 4.01. The van der Waals surface area contributed by atoms with Crippen LogP contribution in [0.25, 0.3) is 0 Å². The van der Waals surface area contributed by atoms with E-state index in [2.05, 4.69) is 46.8 Å². The van der Waals surface area contributed by atoms with Gasteiger partial charge in [0.15, 0.2) is 0 Å². The van der Waals surface area contributed by atoms with Crippen LogP contribution >= 0.6 is 0 Å². The summed E-state index contributed by atoms with van der Waals surface area (Å²) in [5.74, 6) is 0.509.